The van der Waals surface area contributed by atoms with E-state index in [0.717, 1.165) is 25.2 Å². The van der Waals surface area contributed by atoms with Crippen LogP contribution < -0.4 is 4.74 Å². The van der Waals surface area contributed by atoms with Crippen LogP contribution in [0.3, 0.4) is 0 Å². The molecular weight excluding hydrogens is 342 g/mol. The maximum Gasteiger partial charge on any atom is 0.260 e. The first-order valence-corrected chi connectivity index (χ1v) is 9.50. The minimum Gasteiger partial charge on any atom is -0.484 e. The third-order valence-electron chi connectivity index (χ3n) is 5.02. The molecule has 0 unspecified atom stereocenters. The van der Waals surface area contributed by atoms with Gasteiger partial charge in [0.2, 0.25) is 0 Å². The van der Waals surface area contributed by atoms with Gasteiger partial charge in [-0.1, -0.05) is 0 Å². The van der Waals surface area contributed by atoms with Crippen molar-refractivity contribution in [2.24, 2.45) is 0 Å². The molecule has 1 amide bonds. The van der Waals surface area contributed by atoms with Gasteiger partial charge in [-0.05, 0) is 57.9 Å². The molecule has 6 nitrogen and oxygen atoms in total. The Labute approximate surface area is 160 Å². The van der Waals surface area contributed by atoms with Gasteiger partial charge in [0.15, 0.2) is 12.4 Å². The van der Waals surface area contributed by atoms with Crippen LogP contribution in [0.2, 0.25) is 0 Å². The van der Waals surface area contributed by atoms with Gasteiger partial charge in [0, 0.05) is 43.0 Å². The molecule has 1 fully saturated rings. The minimum absolute atomic E-state index is 0.00472. The van der Waals surface area contributed by atoms with Crippen molar-refractivity contribution in [3.63, 3.8) is 0 Å². The summed E-state index contributed by atoms with van der Waals surface area (Å²) in [5.41, 5.74) is 0.633. The predicted molar refractivity (Wildman–Crippen MR) is 103 cm³/mol. The topological polar surface area (TPSA) is 64.4 Å². The molecule has 0 N–H and O–H groups in total. The van der Waals surface area contributed by atoms with Gasteiger partial charge >= 0.3 is 0 Å². The lowest BCUT2D eigenvalue weighted by Gasteiger charge is -2.33. The number of likely N-dealkylation sites (tertiary alicyclic amines) is 1. The van der Waals surface area contributed by atoms with E-state index in [2.05, 4.69) is 23.4 Å². The van der Waals surface area contributed by atoms with E-state index in [1.54, 1.807) is 24.3 Å². The fourth-order valence-corrected chi connectivity index (χ4v) is 3.51. The zero-order valence-corrected chi connectivity index (χ0v) is 16.2. The number of carbonyl (C=O) groups excluding carboxylic acids is 2. The molecule has 1 aromatic carbocycles. The van der Waals surface area contributed by atoms with Gasteiger partial charge in [0.1, 0.15) is 11.6 Å². The molecule has 144 valence electrons. The number of amides is 1. The molecule has 1 saturated heterocycles. The van der Waals surface area contributed by atoms with Crippen molar-refractivity contribution in [2.45, 2.75) is 45.6 Å². The van der Waals surface area contributed by atoms with Crippen LogP contribution in [0.25, 0.3) is 0 Å². The number of piperidine rings is 1. The number of rotatable bonds is 6. The molecule has 2 heterocycles. The highest BCUT2D eigenvalue weighted by Crippen LogP contribution is 2.27. The molecule has 1 aliphatic rings. The average Bonchev–Trinajstić information content (AvgIpc) is 3.17. The maximum absolute atomic E-state index is 12.6. The van der Waals surface area contributed by atoms with Gasteiger partial charge in [-0.2, -0.15) is 0 Å². The van der Waals surface area contributed by atoms with Gasteiger partial charge in [-0.25, -0.2) is 4.98 Å². The molecule has 0 saturated carbocycles. The standard InChI is InChI=1S/C21H27N3O3/c1-15(2)24-12-10-22-21(24)18-5-4-11-23(13-18)20(26)14-27-19-8-6-17(7-9-19)16(3)25/h6-10,12,15,18H,4-5,11,13-14H2,1-3H3/t18-/m1/s1. The van der Waals surface area contributed by atoms with Crippen LogP contribution in [0.15, 0.2) is 36.7 Å². The van der Waals surface area contributed by atoms with Gasteiger partial charge in [0.05, 0.1) is 0 Å². The minimum atomic E-state index is -0.0157. The second-order valence-corrected chi connectivity index (χ2v) is 7.33. The van der Waals surface area contributed by atoms with E-state index < -0.39 is 0 Å². The predicted octanol–water partition coefficient (Wildman–Crippen LogP) is 3.45. The summed E-state index contributed by atoms with van der Waals surface area (Å²) >= 11 is 0. The molecule has 2 aromatic rings. The number of Topliss-reactive ketones (excluding diaryl/α,β-unsaturated/α-hetero) is 1. The van der Waals surface area contributed by atoms with E-state index in [1.807, 2.05) is 17.3 Å². The van der Waals surface area contributed by atoms with Crippen LogP contribution in [0.5, 0.6) is 5.75 Å². The Balaban J connectivity index is 1.58. The fraction of sp³-hybridized carbons (Fsp3) is 0.476. The first-order chi connectivity index (χ1) is 13.0. The zero-order valence-electron chi connectivity index (χ0n) is 16.2. The highest BCUT2D eigenvalue weighted by Gasteiger charge is 2.28. The van der Waals surface area contributed by atoms with E-state index >= 15 is 0 Å². The van der Waals surface area contributed by atoms with Crippen molar-refractivity contribution in [3.05, 3.63) is 48.0 Å². The quantitative estimate of drug-likeness (QED) is 0.732. The third kappa shape index (κ3) is 4.56. The van der Waals surface area contributed by atoms with Crippen LogP contribution in [-0.4, -0.2) is 45.8 Å². The number of benzene rings is 1. The molecule has 3 rings (SSSR count). The molecule has 0 radical (unpaired) electrons. The van der Waals surface area contributed by atoms with E-state index in [9.17, 15) is 9.59 Å². The third-order valence-corrected chi connectivity index (χ3v) is 5.02. The lowest BCUT2D eigenvalue weighted by atomic mass is 9.97. The number of imidazole rings is 1. The van der Waals surface area contributed by atoms with E-state index in [-0.39, 0.29) is 24.2 Å². The summed E-state index contributed by atoms with van der Waals surface area (Å²) in [5, 5.41) is 0. The van der Waals surface area contributed by atoms with Crippen molar-refractivity contribution in [2.75, 3.05) is 19.7 Å². The van der Waals surface area contributed by atoms with Gasteiger partial charge in [-0.3, -0.25) is 9.59 Å². The van der Waals surface area contributed by atoms with Crippen molar-refractivity contribution in [3.8, 4) is 5.75 Å². The molecule has 27 heavy (non-hydrogen) atoms. The molecule has 0 spiro atoms. The molecule has 1 aromatic heterocycles. The summed E-state index contributed by atoms with van der Waals surface area (Å²) in [6.45, 7) is 7.24. The van der Waals surface area contributed by atoms with Crippen molar-refractivity contribution < 1.29 is 14.3 Å². The monoisotopic (exact) mass is 369 g/mol. The molecule has 0 aliphatic carbocycles. The van der Waals surface area contributed by atoms with Crippen LogP contribution >= 0.6 is 0 Å². The molecule has 6 heteroatoms. The normalized spacial score (nSPS) is 17.2. The van der Waals surface area contributed by atoms with Crippen molar-refractivity contribution in [1.29, 1.82) is 0 Å². The van der Waals surface area contributed by atoms with Gasteiger partial charge in [0.25, 0.3) is 5.91 Å². The summed E-state index contributed by atoms with van der Waals surface area (Å²) in [6, 6.07) is 7.23. The van der Waals surface area contributed by atoms with Crippen LogP contribution in [0, 0.1) is 0 Å². The number of hydrogen-bond acceptors (Lipinski definition) is 4. The number of ether oxygens (including phenoxy) is 1. The highest BCUT2D eigenvalue weighted by atomic mass is 16.5. The number of hydrogen-bond donors (Lipinski definition) is 0. The Kier molecular flexibility index (Phi) is 5.94. The molecule has 1 aliphatic heterocycles. The van der Waals surface area contributed by atoms with Crippen LogP contribution in [-0.2, 0) is 4.79 Å². The first-order valence-electron chi connectivity index (χ1n) is 9.50. The molecular formula is C21H27N3O3. The Morgan fingerprint density at radius 3 is 2.67 bits per heavy atom. The highest BCUT2D eigenvalue weighted by molar-refractivity contribution is 5.94. The van der Waals surface area contributed by atoms with E-state index in [0.29, 0.717) is 23.9 Å². The largest absolute Gasteiger partial charge is 0.484 e. The van der Waals surface area contributed by atoms with E-state index in [1.165, 1.54) is 6.92 Å². The second kappa shape index (κ2) is 8.37. The number of aromatic nitrogens is 2. The van der Waals surface area contributed by atoms with Gasteiger partial charge in [-0.15, -0.1) is 0 Å². The zero-order chi connectivity index (χ0) is 19.4. The first kappa shape index (κ1) is 19.1. The smallest absolute Gasteiger partial charge is 0.260 e. The maximum atomic E-state index is 12.6. The van der Waals surface area contributed by atoms with Crippen LogP contribution in [0.1, 0.15) is 61.8 Å². The molecule has 0 bridgehead atoms. The fourth-order valence-electron chi connectivity index (χ4n) is 3.51. The Bertz CT molecular complexity index is 795. The van der Waals surface area contributed by atoms with Crippen molar-refractivity contribution in [1.82, 2.24) is 14.5 Å². The Hall–Kier alpha value is -2.63. The average molecular weight is 369 g/mol. The Morgan fingerprint density at radius 2 is 2.00 bits per heavy atom. The summed E-state index contributed by atoms with van der Waals surface area (Å²) in [6.07, 6.45) is 5.86. The summed E-state index contributed by atoms with van der Waals surface area (Å²) in [7, 11) is 0. The summed E-state index contributed by atoms with van der Waals surface area (Å²) < 4.78 is 7.81. The van der Waals surface area contributed by atoms with Crippen molar-refractivity contribution >= 4 is 11.7 Å². The summed E-state index contributed by atoms with van der Waals surface area (Å²) in [4.78, 5) is 30.3. The lowest BCUT2D eigenvalue weighted by molar-refractivity contribution is -0.134. The summed E-state index contributed by atoms with van der Waals surface area (Å²) in [5.74, 6) is 1.91. The van der Waals surface area contributed by atoms with E-state index in [4.69, 9.17) is 4.74 Å². The second-order valence-electron chi connectivity index (χ2n) is 7.33. The van der Waals surface area contributed by atoms with Gasteiger partial charge < -0.3 is 14.2 Å². The SMILES string of the molecule is CC(=O)c1ccc(OCC(=O)N2CCC[C@@H](c3nccn3C(C)C)C2)cc1. The lowest BCUT2D eigenvalue weighted by Crippen LogP contribution is -2.42. The number of ketones is 1. The molecule has 1 atom stereocenters. The van der Waals surface area contributed by atoms with Crippen LogP contribution in [0.4, 0.5) is 0 Å². The number of nitrogens with zero attached hydrogens (tertiary/aromatic N) is 3. The Morgan fingerprint density at radius 1 is 1.26 bits per heavy atom. The number of carbonyl (C=O) groups is 2.